The van der Waals surface area contributed by atoms with Crippen molar-refractivity contribution >= 4 is 0 Å². The molecule has 0 bridgehead atoms. The van der Waals surface area contributed by atoms with E-state index in [4.69, 9.17) is 0 Å². The lowest BCUT2D eigenvalue weighted by atomic mass is 9.75. The van der Waals surface area contributed by atoms with E-state index in [2.05, 4.69) is 6.58 Å². The molecule has 0 aromatic heterocycles. The third kappa shape index (κ3) is 1.96. The van der Waals surface area contributed by atoms with Crippen molar-refractivity contribution in [2.45, 2.75) is 51.0 Å². The van der Waals surface area contributed by atoms with E-state index in [-0.39, 0.29) is 6.10 Å². The molecule has 2 rings (SSSR count). The Morgan fingerprint density at radius 3 is 2.69 bits per heavy atom. The molecule has 13 heavy (non-hydrogen) atoms. The summed E-state index contributed by atoms with van der Waals surface area (Å²) in [4.78, 5) is 0. The second-order valence-electron chi connectivity index (χ2n) is 4.74. The predicted molar refractivity (Wildman–Crippen MR) is 54.4 cm³/mol. The second-order valence-corrected chi connectivity index (χ2v) is 4.74. The van der Waals surface area contributed by atoms with Gasteiger partial charge in [-0.2, -0.15) is 0 Å². The van der Waals surface area contributed by atoms with E-state index in [1.54, 1.807) is 0 Å². The molecule has 0 radical (unpaired) electrons. The van der Waals surface area contributed by atoms with E-state index in [1.807, 2.05) is 0 Å². The Kier molecular flexibility index (Phi) is 2.73. The number of rotatable bonds is 0. The zero-order valence-electron chi connectivity index (χ0n) is 8.34. The zero-order chi connectivity index (χ0) is 9.26. The first-order valence-electron chi connectivity index (χ1n) is 5.63. The molecule has 3 atom stereocenters. The standard InChI is InChI=1S/C12H20O/c1-9-8-11(13)7-6-10-4-2-3-5-12(9)10/h10-13H,1-8H2. The lowest BCUT2D eigenvalue weighted by Crippen LogP contribution is -2.19. The van der Waals surface area contributed by atoms with Crippen molar-refractivity contribution in [2.75, 3.05) is 0 Å². The zero-order valence-corrected chi connectivity index (χ0v) is 8.34. The number of aliphatic hydroxyl groups is 1. The molecule has 74 valence electrons. The van der Waals surface area contributed by atoms with Crippen molar-refractivity contribution in [3.63, 3.8) is 0 Å². The third-order valence-corrected chi connectivity index (χ3v) is 3.80. The molecule has 2 aliphatic carbocycles. The van der Waals surface area contributed by atoms with Crippen molar-refractivity contribution < 1.29 is 5.11 Å². The highest BCUT2D eigenvalue weighted by molar-refractivity contribution is 5.07. The van der Waals surface area contributed by atoms with E-state index >= 15 is 0 Å². The van der Waals surface area contributed by atoms with Crippen molar-refractivity contribution in [1.82, 2.24) is 0 Å². The maximum Gasteiger partial charge on any atom is 0.0577 e. The summed E-state index contributed by atoms with van der Waals surface area (Å²) in [7, 11) is 0. The molecule has 2 aliphatic rings. The van der Waals surface area contributed by atoms with E-state index in [9.17, 15) is 5.11 Å². The van der Waals surface area contributed by atoms with Crippen LogP contribution < -0.4 is 0 Å². The monoisotopic (exact) mass is 180 g/mol. The summed E-state index contributed by atoms with van der Waals surface area (Å²) < 4.78 is 0. The Morgan fingerprint density at radius 1 is 1.08 bits per heavy atom. The van der Waals surface area contributed by atoms with Crippen LogP contribution in [0, 0.1) is 11.8 Å². The van der Waals surface area contributed by atoms with Crippen molar-refractivity contribution in [3.8, 4) is 0 Å². The minimum absolute atomic E-state index is 0.0990. The fourth-order valence-corrected chi connectivity index (χ4v) is 3.05. The number of hydrogen-bond donors (Lipinski definition) is 1. The van der Waals surface area contributed by atoms with Crippen LogP contribution >= 0.6 is 0 Å². The number of aliphatic hydroxyl groups excluding tert-OH is 1. The van der Waals surface area contributed by atoms with Crippen molar-refractivity contribution in [1.29, 1.82) is 0 Å². The average molecular weight is 180 g/mol. The first-order valence-corrected chi connectivity index (χ1v) is 5.63. The Balaban J connectivity index is 2.08. The third-order valence-electron chi connectivity index (χ3n) is 3.80. The molecule has 0 aromatic carbocycles. The normalized spacial score (nSPS) is 41.0. The van der Waals surface area contributed by atoms with Crippen molar-refractivity contribution in [2.24, 2.45) is 11.8 Å². The van der Waals surface area contributed by atoms with Crippen LogP contribution in [0.3, 0.4) is 0 Å². The number of hydrogen-bond acceptors (Lipinski definition) is 1. The molecule has 1 heteroatoms. The van der Waals surface area contributed by atoms with Gasteiger partial charge in [-0.3, -0.25) is 0 Å². The van der Waals surface area contributed by atoms with Gasteiger partial charge >= 0.3 is 0 Å². The molecule has 0 heterocycles. The summed E-state index contributed by atoms with van der Waals surface area (Å²) in [5.41, 5.74) is 1.33. The maximum absolute atomic E-state index is 9.65. The van der Waals surface area contributed by atoms with Gasteiger partial charge in [-0.05, 0) is 43.9 Å². The Labute approximate surface area is 80.8 Å². The van der Waals surface area contributed by atoms with Crippen LogP contribution in [0.4, 0.5) is 0 Å². The smallest absolute Gasteiger partial charge is 0.0577 e. The first kappa shape index (κ1) is 9.26. The van der Waals surface area contributed by atoms with Gasteiger partial charge in [0.2, 0.25) is 0 Å². The fraction of sp³-hybridized carbons (Fsp3) is 0.833. The van der Waals surface area contributed by atoms with Gasteiger partial charge < -0.3 is 5.11 Å². The molecule has 0 saturated heterocycles. The molecule has 0 aromatic rings. The molecule has 2 saturated carbocycles. The lowest BCUT2D eigenvalue weighted by molar-refractivity contribution is 0.162. The van der Waals surface area contributed by atoms with Crippen LogP contribution in [-0.4, -0.2) is 11.2 Å². The summed E-state index contributed by atoms with van der Waals surface area (Å²) in [6.45, 7) is 4.15. The molecule has 0 amide bonds. The van der Waals surface area contributed by atoms with Gasteiger partial charge in [0, 0.05) is 0 Å². The largest absolute Gasteiger partial charge is 0.393 e. The van der Waals surface area contributed by atoms with Crippen LogP contribution in [0.1, 0.15) is 44.9 Å². The average Bonchev–Trinajstić information content (AvgIpc) is 2.27. The van der Waals surface area contributed by atoms with Gasteiger partial charge in [-0.1, -0.05) is 25.0 Å². The molecule has 0 aliphatic heterocycles. The number of fused-ring (bicyclic) bond motifs is 1. The SMILES string of the molecule is C=C1CC(O)CCC2CCCCC12. The summed E-state index contributed by atoms with van der Waals surface area (Å²) in [5, 5.41) is 9.65. The lowest BCUT2D eigenvalue weighted by Gasteiger charge is -2.30. The molecule has 2 fully saturated rings. The van der Waals surface area contributed by atoms with Crippen LogP contribution in [-0.2, 0) is 0 Å². The molecular formula is C12H20O. The molecule has 3 unspecified atom stereocenters. The minimum Gasteiger partial charge on any atom is -0.393 e. The Bertz CT molecular complexity index is 197. The molecule has 0 spiro atoms. The summed E-state index contributed by atoms with van der Waals surface area (Å²) in [5.74, 6) is 1.59. The van der Waals surface area contributed by atoms with Gasteiger partial charge in [0.25, 0.3) is 0 Å². The molecule has 1 nitrogen and oxygen atoms in total. The first-order chi connectivity index (χ1) is 6.27. The highest BCUT2D eigenvalue weighted by Crippen LogP contribution is 2.41. The van der Waals surface area contributed by atoms with Gasteiger partial charge in [-0.15, -0.1) is 0 Å². The second kappa shape index (κ2) is 3.83. The summed E-state index contributed by atoms with van der Waals surface area (Å²) in [6.07, 6.45) is 8.46. The van der Waals surface area contributed by atoms with Gasteiger partial charge in [-0.25, -0.2) is 0 Å². The maximum atomic E-state index is 9.65. The molecular weight excluding hydrogens is 160 g/mol. The predicted octanol–water partition coefficient (Wildman–Crippen LogP) is 2.89. The van der Waals surface area contributed by atoms with E-state index in [0.29, 0.717) is 0 Å². The topological polar surface area (TPSA) is 20.2 Å². The van der Waals surface area contributed by atoms with Crippen LogP contribution in [0.25, 0.3) is 0 Å². The van der Waals surface area contributed by atoms with E-state index in [0.717, 1.165) is 24.7 Å². The van der Waals surface area contributed by atoms with Crippen LogP contribution in [0.15, 0.2) is 12.2 Å². The van der Waals surface area contributed by atoms with Crippen molar-refractivity contribution in [3.05, 3.63) is 12.2 Å². The van der Waals surface area contributed by atoms with Crippen LogP contribution in [0.5, 0.6) is 0 Å². The fourth-order valence-electron chi connectivity index (χ4n) is 3.05. The Hall–Kier alpha value is -0.300. The minimum atomic E-state index is -0.0990. The molecule has 1 N–H and O–H groups in total. The van der Waals surface area contributed by atoms with Crippen LogP contribution in [0.2, 0.25) is 0 Å². The quantitative estimate of drug-likeness (QED) is 0.568. The Morgan fingerprint density at radius 2 is 1.85 bits per heavy atom. The highest BCUT2D eigenvalue weighted by atomic mass is 16.3. The summed E-state index contributed by atoms with van der Waals surface area (Å²) >= 11 is 0. The van der Waals surface area contributed by atoms with E-state index < -0.39 is 0 Å². The summed E-state index contributed by atoms with van der Waals surface area (Å²) in [6, 6.07) is 0. The van der Waals surface area contributed by atoms with Gasteiger partial charge in [0.15, 0.2) is 0 Å². The highest BCUT2D eigenvalue weighted by Gasteiger charge is 2.30. The van der Waals surface area contributed by atoms with E-state index in [1.165, 1.54) is 37.7 Å². The van der Waals surface area contributed by atoms with Gasteiger partial charge in [0.1, 0.15) is 0 Å². The van der Waals surface area contributed by atoms with Gasteiger partial charge in [0.05, 0.1) is 6.10 Å².